The van der Waals surface area contributed by atoms with Crippen LogP contribution in [0.2, 0.25) is 0 Å². The van der Waals surface area contributed by atoms with Crippen molar-refractivity contribution in [3.63, 3.8) is 0 Å². The van der Waals surface area contributed by atoms with E-state index in [-0.39, 0.29) is 17.0 Å². The van der Waals surface area contributed by atoms with Gasteiger partial charge in [-0.05, 0) is 16.9 Å². The summed E-state index contributed by atoms with van der Waals surface area (Å²) in [6.07, 6.45) is 3.38. The Balaban J connectivity index is 2.55. The molecule has 3 nitrogen and oxygen atoms in total. The first-order valence-electron chi connectivity index (χ1n) is 5.80. The molecule has 0 fully saturated rings. The van der Waals surface area contributed by atoms with Gasteiger partial charge in [0.05, 0.1) is 11.3 Å². The van der Waals surface area contributed by atoms with Crippen LogP contribution in [-0.4, -0.2) is 15.4 Å². The van der Waals surface area contributed by atoms with Crippen molar-refractivity contribution >= 4 is 81.8 Å². The number of benzene rings is 1. The van der Waals surface area contributed by atoms with Crippen LogP contribution in [-0.2, 0) is 7.59 Å². The van der Waals surface area contributed by atoms with Gasteiger partial charge < -0.3 is 0 Å². The van der Waals surface area contributed by atoms with E-state index >= 15 is 0 Å². The molecule has 9 heteroatoms. The third kappa shape index (κ3) is 4.60. The fourth-order valence-corrected chi connectivity index (χ4v) is 2.63. The van der Waals surface area contributed by atoms with E-state index < -0.39 is 7.59 Å². The third-order valence-electron chi connectivity index (χ3n) is 2.58. The zero-order valence-corrected chi connectivity index (χ0v) is 15.2. The van der Waals surface area contributed by atoms with Gasteiger partial charge in [0, 0.05) is 0 Å². The monoisotopic (exact) mass is 415 g/mol. The van der Waals surface area contributed by atoms with Gasteiger partial charge in [0.1, 0.15) is 5.69 Å². The van der Waals surface area contributed by atoms with Crippen LogP contribution in [0.15, 0.2) is 30.3 Å². The van der Waals surface area contributed by atoms with E-state index in [0.29, 0.717) is 0 Å². The second-order valence-corrected chi connectivity index (χ2v) is 8.70. The molecule has 0 bridgehead atoms. The second kappa shape index (κ2) is 7.08. The summed E-state index contributed by atoms with van der Waals surface area (Å²) >= 11 is 35.5. The van der Waals surface area contributed by atoms with Gasteiger partial charge in [-0.2, -0.15) is 0 Å². The molecule has 0 saturated carbocycles. The molecule has 0 radical (unpaired) electrons. The minimum Gasteiger partial charge on any atom is -0.130 e. The van der Waals surface area contributed by atoms with Crippen LogP contribution in [0.5, 0.6) is 0 Å². The number of aromatic nitrogens is 3. The smallest absolute Gasteiger partial charge is 0.130 e. The minimum atomic E-state index is -1.90. The summed E-state index contributed by atoms with van der Waals surface area (Å²) in [5.41, 5.74) is 1.16. The van der Waals surface area contributed by atoms with Gasteiger partial charge in [-0.25, -0.2) is 0 Å². The molecular formula is C13H7Cl6N3. The second-order valence-electron chi connectivity index (χ2n) is 4.14. The van der Waals surface area contributed by atoms with Crippen LogP contribution in [0.4, 0.5) is 0 Å². The summed E-state index contributed by atoms with van der Waals surface area (Å²) in [5, 5.41) is 11.1. The van der Waals surface area contributed by atoms with E-state index in [0.717, 1.165) is 5.56 Å². The van der Waals surface area contributed by atoms with Crippen LogP contribution in [0.25, 0.3) is 12.2 Å². The van der Waals surface area contributed by atoms with E-state index in [1.165, 1.54) is 0 Å². The molecule has 2 aromatic rings. The highest BCUT2D eigenvalue weighted by Gasteiger charge is 2.39. The Morgan fingerprint density at radius 2 is 1.41 bits per heavy atom. The van der Waals surface area contributed by atoms with Gasteiger partial charge in [0.15, 0.2) is 0 Å². The molecule has 1 heterocycles. The van der Waals surface area contributed by atoms with E-state index in [2.05, 4.69) is 15.4 Å². The predicted molar refractivity (Wildman–Crippen MR) is 93.7 cm³/mol. The molecule has 0 aliphatic heterocycles. The molecule has 1 aromatic heterocycles. The zero-order chi connectivity index (χ0) is 16.4. The molecule has 0 N–H and O–H groups in total. The maximum absolute atomic E-state index is 5.97. The van der Waals surface area contributed by atoms with Crippen molar-refractivity contribution in [2.45, 2.75) is 7.59 Å². The zero-order valence-electron chi connectivity index (χ0n) is 10.7. The number of alkyl halides is 6. The predicted octanol–water partition coefficient (Wildman–Crippen LogP) is 5.70. The van der Waals surface area contributed by atoms with Gasteiger partial charge >= 0.3 is 0 Å². The van der Waals surface area contributed by atoms with Crippen LogP contribution >= 0.6 is 69.6 Å². The molecule has 0 amide bonds. The third-order valence-corrected chi connectivity index (χ3v) is 3.68. The van der Waals surface area contributed by atoms with Gasteiger partial charge in [0.2, 0.25) is 7.59 Å². The molecular weight excluding hydrogens is 411 g/mol. The van der Waals surface area contributed by atoms with Crippen molar-refractivity contribution in [2.75, 3.05) is 0 Å². The number of hydrogen-bond donors (Lipinski definition) is 0. The highest BCUT2D eigenvalue weighted by molar-refractivity contribution is 6.69. The number of rotatable bonds is 2. The average molecular weight is 418 g/mol. The van der Waals surface area contributed by atoms with Crippen LogP contribution in [0.1, 0.15) is 22.5 Å². The normalized spacial score (nSPS) is 12.8. The summed E-state index contributed by atoms with van der Waals surface area (Å²) in [4.78, 5) is 0. The standard InChI is InChI=1S/C13H7Cl6N3/c14-12(15,16)10-9(7-6-8-4-2-1-3-5-8)20-22-21-11(10)13(17,18)19/h1-7H. The van der Waals surface area contributed by atoms with Crippen LogP contribution in [0, 0.1) is 0 Å². The molecule has 1 aromatic carbocycles. The van der Waals surface area contributed by atoms with Gasteiger partial charge in [-0.3, -0.25) is 0 Å². The molecule has 0 unspecified atom stereocenters. The Hall–Kier alpha value is -0.290. The van der Waals surface area contributed by atoms with Crippen LogP contribution < -0.4 is 0 Å². The lowest BCUT2D eigenvalue weighted by atomic mass is 10.1. The lowest BCUT2D eigenvalue weighted by Gasteiger charge is -2.20. The first-order chi connectivity index (χ1) is 10.2. The number of halogens is 6. The van der Waals surface area contributed by atoms with E-state index in [9.17, 15) is 0 Å². The number of hydrogen-bond acceptors (Lipinski definition) is 3. The van der Waals surface area contributed by atoms with Crippen molar-refractivity contribution in [1.29, 1.82) is 0 Å². The highest BCUT2D eigenvalue weighted by atomic mass is 35.6. The lowest BCUT2D eigenvalue weighted by Crippen LogP contribution is -2.18. The molecule has 2 rings (SSSR count). The fraction of sp³-hybridized carbons (Fsp3) is 0.154. The van der Waals surface area contributed by atoms with Gasteiger partial charge in [-0.15, -0.1) is 10.2 Å². The number of nitrogens with zero attached hydrogens (tertiary/aromatic N) is 3. The molecule has 116 valence electrons. The highest BCUT2D eigenvalue weighted by Crippen LogP contribution is 2.48. The van der Waals surface area contributed by atoms with Crippen LogP contribution in [0.3, 0.4) is 0 Å². The molecule has 22 heavy (non-hydrogen) atoms. The Morgan fingerprint density at radius 1 is 0.773 bits per heavy atom. The van der Waals surface area contributed by atoms with E-state index in [4.69, 9.17) is 69.6 Å². The Morgan fingerprint density at radius 3 is 1.95 bits per heavy atom. The van der Waals surface area contributed by atoms with Crippen molar-refractivity contribution in [2.24, 2.45) is 0 Å². The topological polar surface area (TPSA) is 38.7 Å². The summed E-state index contributed by atoms with van der Waals surface area (Å²) < 4.78 is -3.77. The summed E-state index contributed by atoms with van der Waals surface area (Å²) in [5.74, 6) is 0. The lowest BCUT2D eigenvalue weighted by molar-refractivity contribution is 0.787. The maximum Gasteiger partial charge on any atom is 0.234 e. The molecule has 0 spiro atoms. The minimum absolute atomic E-state index is 0.0691. The van der Waals surface area contributed by atoms with Crippen molar-refractivity contribution in [3.8, 4) is 0 Å². The average Bonchev–Trinajstić information content (AvgIpc) is 2.44. The fourth-order valence-electron chi connectivity index (χ4n) is 1.67. The Kier molecular flexibility index (Phi) is 5.81. The van der Waals surface area contributed by atoms with E-state index in [1.54, 1.807) is 12.2 Å². The van der Waals surface area contributed by atoms with Crippen molar-refractivity contribution in [3.05, 3.63) is 52.8 Å². The molecule has 0 aliphatic rings. The van der Waals surface area contributed by atoms with Crippen molar-refractivity contribution in [1.82, 2.24) is 15.4 Å². The largest absolute Gasteiger partial charge is 0.234 e. The Labute approximate surface area is 157 Å². The summed E-state index contributed by atoms with van der Waals surface area (Å²) in [6.45, 7) is 0. The first-order valence-corrected chi connectivity index (χ1v) is 8.07. The Bertz CT molecular complexity index is 676. The molecule has 0 atom stereocenters. The van der Waals surface area contributed by atoms with E-state index in [1.807, 2.05) is 30.3 Å². The SMILES string of the molecule is ClC(Cl)(Cl)c1nnnc(C=Cc2ccccc2)c1C(Cl)(Cl)Cl. The maximum atomic E-state index is 5.97. The van der Waals surface area contributed by atoms with Crippen molar-refractivity contribution < 1.29 is 0 Å². The first kappa shape index (κ1) is 18.1. The molecule has 0 saturated heterocycles. The summed E-state index contributed by atoms with van der Waals surface area (Å²) in [7, 11) is 0. The summed E-state index contributed by atoms with van der Waals surface area (Å²) in [6, 6.07) is 9.48. The van der Waals surface area contributed by atoms with Gasteiger partial charge in [0.25, 0.3) is 0 Å². The van der Waals surface area contributed by atoms with Gasteiger partial charge in [-0.1, -0.05) is 106 Å². The quantitative estimate of drug-likeness (QED) is 0.588. The molecule has 0 aliphatic carbocycles.